The number of aromatic nitrogens is 3. The molecule has 0 aliphatic rings. The van der Waals surface area contributed by atoms with E-state index in [9.17, 15) is 10.5 Å². The summed E-state index contributed by atoms with van der Waals surface area (Å²) in [5, 5.41) is 30.9. The van der Waals surface area contributed by atoms with E-state index >= 15 is 0 Å². The molecule has 8 aromatic carbocycles. The standard InChI is InChI=1S/C48H27N5/c49-28-31-27-45(32(29-50)26-44(31)52-42-21-11-8-18-39(42)46-34-15-5-4-12-30(34)22-25-43(46)52)53-41-20-10-7-17-36(41)38-24-23-37-35-16-6-9-19-40(35)51(47(37)48(38)53)33-13-2-1-3-14-33/h1-27H. The predicted molar refractivity (Wildman–Crippen MR) is 216 cm³/mol. The Labute approximate surface area is 303 Å². The Morgan fingerprint density at radius 1 is 0.358 bits per heavy atom. The van der Waals surface area contributed by atoms with Crippen molar-refractivity contribution in [1.82, 2.24) is 13.7 Å². The highest BCUT2D eigenvalue weighted by atomic mass is 15.1. The first kappa shape index (κ1) is 29.2. The van der Waals surface area contributed by atoms with E-state index in [-0.39, 0.29) is 0 Å². The van der Waals surface area contributed by atoms with Gasteiger partial charge in [0.25, 0.3) is 0 Å². The number of rotatable bonds is 3. The first-order chi connectivity index (χ1) is 26.2. The highest BCUT2D eigenvalue weighted by molar-refractivity contribution is 6.24. The van der Waals surface area contributed by atoms with Gasteiger partial charge in [-0.15, -0.1) is 0 Å². The molecule has 3 heterocycles. The molecule has 0 aliphatic heterocycles. The number of nitriles is 2. The average molecular weight is 674 g/mol. The van der Waals surface area contributed by atoms with E-state index in [4.69, 9.17) is 0 Å². The Hall–Kier alpha value is -7.60. The van der Waals surface area contributed by atoms with E-state index in [2.05, 4.69) is 159 Å². The second-order valence-corrected chi connectivity index (χ2v) is 13.5. The molecule has 3 aromatic heterocycles. The van der Waals surface area contributed by atoms with Crippen LogP contribution < -0.4 is 0 Å². The van der Waals surface area contributed by atoms with Crippen molar-refractivity contribution < 1.29 is 0 Å². The molecule has 5 heteroatoms. The molecule has 0 atom stereocenters. The summed E-state index contributed by atoms with van der Waals surface area (Å²) in [6.45, 7) is 0. The summed E-state index contributed by atoms with van der Waals surface area (Å²) in [7, 11) is 0. The normalized spacial score (nSPS) is 11.7. The van der Waals surface area contributed by atoms with Crippen LogP contribution in [0.5, 0.6) is 0 Å². The van der Waals surface area contributed by atoms with Gasteiger partial charge in [-0.05, 0) is 59.3 Å². The van der Waals surface area contributed by atoms with Gasteiger partial charge in [0.05, 0.1) is 55.6 Å². The van der Waals surface area contributed by atoms with E-state index in [0.29, 0.717) is 22.5 Å². The third-order valence-electron chi connectivity index (χ3n) is 10.9. The molecule has 53 heavy (non-hydrogen) atoms. The fourth-order valence-electron chi connectivity index (χ4n) is 8.72. The van der Waals surface area contributed by atoms with E-state index in [1.54, 1.807) is 0 Å². The van der Waals surface area contributed by atoms with Gasteiger partial charge in [0, 0.05) is 38.0 Å². The van der Waals surface area contributed by atoms with E-state index in [1.165, 1.54) is 0 Å². The van der Waals surface area contributed by atoms with Crippen LogP contribution in [-0.4, -0.2) is 13.7 Å². The van der Waals surface area contributed by atoms with E-state index < -0.39 is 0 Å². The Morgan fingerprint density at radius 2 is 0.849 bits per heavy atom. The third-order valence-corrected chi connectivity index (χ3v) is 10.9. The second-order valence-electron chi connectivity index (χ2n) is 13.5. The summed E-state index contributed by atoms with van der Waals surface area (Å²) >= 11 is 0. The number of benzene rings is 8. The topological polar surface area (TPSA) is 62.4 Å². The highest BCUT2D eigenvalue weighted by Crippen LogP contribution is 2.43. The van der Waals surface area contributed by atoms with Crippen molar-refractivity contribution in [2.45, 2.75) is 0 Å². The van der Waals surface area contributed by atoms with Gasteiger partial charge in [0.1, 0.15) is 12.1 Å². The first-order valence-corrected chi connectivity index (χ1v) is 17.7. The molecule has 0 N–H and O–H groups in total. The van der Waals surface area contributed by atoms with Gasteiger partial charge >= 0.3 is 0 Å². The zero-order valence-electron chi connectivity index (χ0n) is 28.3. The van der Waals surface area contributed by atoms with Crippen LogP contribution in [0.2, 0.25) is 0 Å². The van der Waals surface area contributed by atoms with Crippen molar-refractivity contribution in [2.75, 3.05) is 0 Å². The lowest BCUT2D eigenvalue weighted by Crippen LogP contribution is -2.05. The fraction of sp³-hybridized carbons (Fsp3) is 0. The van der Waals surface area contributed by atoms with Crippen LogP contribution in [0.1, 0.15) is 11.1 Å². The Balaban J connectivity index is 1.29. The van der Waals surface area contributed by atoms with Crippen molar-refractivity contribution in [3.8, 4) is 29.2 Å². The zero-order chi connectivity index (χ0) is 35.2. The Kier molecular flexibility index (Phi) is 6.02. The molecule has 244 valence electrons. The maximum atomic E-state index is 11.0. The molecule has 11 aromatic rings. The fourth-order valence-corrected chi connectivity index (χ4v) is 8.72. The minimum atomic E-state index is 0.479. The summed E-state index contributed by atoms with van der Waals surface area (Å²) in [5.41, 5.74) is 9.44. The van der Waals surface area contributed by atoms with Crippen LogP contribution in [0.15, 0.2) is 164 Å². The summed E-state index contributed by atoms with van der Waals surface area (Å²) in [5.74, 6) is 0. The molecule has 11 rings (SSSR count). The largest absolute Gasteiger partial charge is 0.308 e. The van der Waals surface area contributed by atoms with Gasteiger partial charge in [0.2, 0.25) is 0 Å². The lowest BCUT2D eigenvalue weighted by molar-refractivity contribution is 1.12. The smallest absolute Gasteiger partial charge is 0.101 e. The van der Waals surface area contributed by atoms with Gasteiger partial charge in [-0.2, -0.15) is 10.5 Å². The van der Waals surface area contributed by atoms with Crippen LogP contribution in [0, 0.1) is 22.7 Å². The Bertz CT molecular complexity index is 3420. The predicted octanol–water partition coefficient (Wildman–Crippen LogP) is 11.9. The number of para-hydroxylation sites is 4. The van der Waals surface area contributed by atoms with Gasteiger partial charge in [0.15, 0.2) is 0 Å². The van der Waals surface area contributed by atoms with E-state index in [0.717, 1.165) is 81.9 Å². The average Bonchev–Trinajstić information content (AvgIpc) is 3.86. The molecule has 0 spiro atoms. The van der Waals surface area contributed by atoms with Crippen molar-refractivity contribution in [3.05, 3.63) is 175 Å². The molecule has 0 saturated heterocycles. The molecule has 0 bridgehead atoms. The lowest BCUT2D eigenvalue weighted by Gasteiger charge is -2.16. The molecular weight excluding hydrogens is 647 g/mol. The maximum Gasteiger partial charge on any atom is 0.101 e. The number of nitrogens with zero attached hydrogens (tertiary/aromatic N) is 5. The van der Waals surface area contributed by atoms with Gasteiger partial charge in [-0.25, -0.2) is 0 Å². The number of hydrogen-bond donors (Lipinski definition) is 0. The number of hydrogen-bond acceptors (Lipinski definition) is 2. The zero-order valence-corrected chi connectivity index (χ0v) is 28.3. The van der Waals surface area contributed by atoms with Crippen molar-refractivity contribution in [1.29, 1.82) is 10.5 Å². The second kappa shape index (κ2) is 10.9. The molecule has 0 fully saturated rings. The summed E-state index contributed by atoms with van der Waals surface area (Å²) in [6.07, 6.45) is 0. The molecule has 0 unspecified atom stereocenters. The van der Waals surface area contributed by atoms with E-state index in [1.807, 2.05) is 30.3 Å². The minimum Gasteiger partial charge on any atom is -0.308 e. The van der Waals surface area contributed by atoms with Gasteiger partial charge < -0.3 is 13.7 Å². The van der Waals surface area contributed by atoms with Gasteiger partial charge in [-0.1, -0.05) is 115 Å². The monoisotopic (exact) mass is 673 g/mol. The SMILES string of the molecule is N#Cc1cc(-n2c3ccccc3c3ccc4c5ccccc5n(-c5ccccc5)c4c32)c(C#N)cc1-n1c2ccccc2c2c3ccccc3ccc21. The number of fused-ring (bicyclic) bond motifs is 12. The van der Waals surface area contributed by atoms with Crippen LogP contribution in [-0.2, 0) is 0 Å². The lowest BCUT2D eigenvalue weighted by atomic mass is 10.0. The molecule has 0 saturated carbocycles. The van der Waals surface area contributed by atoms with Crippen molar-refractivity contribution in [3.63, 3.8) is 0 Å². The third kappa shape index (κ3) is 3.94. The summed E-state index contributed by atoms with van der Waals surface area (Å²) < 4.78 is 6.68. The highest BCUT2D eigenvalue weighted by Gasteiger charge is 2.24. The van der Waals surface area contributed by atoms with Crippen molar-refractivity contribution in [2.24, 2.45) is 0 Å². The van der Waals surface area contributed by atoms with Crippen LogP contribution >= 0.6 is 0 Å². The molecule has 0 amide bonds. The van der Waals surface area contributed by atoms with Crippen LogP contribution in [0.4, 0.5) is 0 Å². The molecule has 0 radical (unpaired) electrons. The quantitative estimate of drug-likeness (QED) is 0.187. The summed E-state index contributed by atoms with van der Waals surface area (Å²) in [4.78, 5) is 0. The van der Waals surface area contributed by atoms with Crippen LogP contribution in [0.3, 0.4) is 0 Å². The van der Waals surface area contributed by atoms with Gasteiger partial charge in [-0.3, -0.25) is 0 Å². The van der Waals surface area contributed by atoms with Crippen LogP contribution in [0.25, 0.3) is 93.3 Å². The molecular formula is C48H27N5. The van der Waals surface area contributed by atoms with Crippen molar-refractivity contribution >= 4 is 76.2 Å². The molecule has 0 aliphatic carbocycles. The minimum absolute atomic E-state index is 0.479. The first-order valence-electron chi connectivity index (χ1n) is 17.7. The maximum absolute atomic E-state index is 11.0. The Morgan fingerprint density at radius 3 is 1.49 bits per heavy atom. The molecule has 5 nitrogen and oxygen atoms in total. The summed E-state index contributed by atoms with van der Waals surface area (Å²) in [6, 6.07) is 61.6.